The second kappa shape index (κ2) is 9.40. The first-order valence-electron chi connectivity index (χ1n) is 12.3. The van der Waals surface area contributed by atoms with Gasteiger partial charge in [0.1, 0.15) is 0 Å². The topological polar surface area (TPSA) is 107 Å². The van der Waals surface area contributed by atoms with Crippen molar-refractivity contribution < 1.29 is 24.6 Å². The first-order valence-corrected chi connectivity index (χ1v) is 12.3. The van der Waals surface area contributed by atoms with Gasteiger partial charge in [-0.05, 0) is 29.5 Å². The van der Waals surface area contributed by atoms with Crippen LogP contribution in [0.25, 0.3) is 12.2 Å². The number of carbonyl (C=O) groups is 3. The average Bonchev–Trinajstić information content (AvgIpc) is 3.38. The third kappa shape index (κ3) is 3.98. The highest BCUT2D eigenvalue weighted by molar-refractivity contribution is 6.09. The number of nitrogens with one attached hydrogen (secondary N) is 1. The van der Waals surface area contributed by atoms with Crippen molar-refractivity contribution in [2.75, 3.05) is 6.61 Å². The van der Waals surface area contributed by atoms with Crippen molar-refractivity contribution in [3.63, 3.8) is 0 Å². The van der Waals surface area contributed by atoms with Crippen LogP contribution in [0.1, 0.15) is 54.8 Å². The Balaban J connectivity index is 1.46. The van der Waals surface area contributed by atoms with E-state index in [2.05, 4.69) is 5.32 Å². The Morgan fingerprint density at radius 2 is 1.57 bits per heavy atom. The number of benzene rings is 2. The van der Waals surface area contributed by atoms with Crippen LogP contribution in [0.3, 0.4) is 0 Å². The number of carboxylic acids is 1. The summed E-state index contributed by atoms with van der Waals surface area (Å²) in [7, 11) is 0. The first kappa shape index (κ1) is 23.5. The Morgan fingerprint density at radius 3 is 2.17 bits per heavy atom. The van der Waals surface area contributed by atoms with E-state index in [1.54, 1.807) is 0 Å². The Bertz CT molecular complexity index is 1140. The molecule has 0 bridgehead atoms. The molecule has 2 aromatic carbocycles. The normalized spacial score (nSPS) is 29.2. The molecule has 7 heteroatoms. The maximum absolute atomic E-state index is 13.6. The molecule has 7 nitrogen and oxygen atoms in total. The van der Waals surface area contributed by atoms with Gasteiger partial charge in [0, 0.05) is 12.1 Å². The molecule has 0 aromatic heterocycles. The zero-order valence-corrected chi connectivity index (χ0v) is 19.5. The van der Waals surface area contributed by atoms with Crippen LogP contribution in [0, 0.1) is 11.8 Å². The summed E-state index contributed by atoms with van der Waals surface area (Å²) in [6.07, 6.45) is 8.44. The second-order valence-electron chi connectivity index (χ2n) is 9.81. The number of nitrogens with zero attached hydrogens (tertiary/aromatic N) is 1. The van der Waals surface area contributed by atoms with Crippen molar-refractivity contribution >= 4 is 29.9 Å². The van der Waals surface area contributed by atoms with Crippen molar-refractivity contribution in [3.8, 4) is 0 Å². The van der Waals surface area contributed by atoms with E-state index in [0.29, 0.717) is 0 Å². The fourth-order valence-electron chi connectivity index (χ4n) is 5.99. The molecule has 2 heterocycles. The first-order chi connectivity index (χ1) is 17.0. The third-order valence-corrected chi connectivity index (χ3v) is 7.82. The number of amides is 2. The summed E-state index contributed by atoms with van der Waals surface area (Å²) in [4.78, 5) is 40.8. The lowest BCUT2D eigenvalue weighted by atomic mass is 9.79. The zero-order chi connectivity index (χ0) is 24.6. The Morgan fingerprint density at radius 1 is 0.943 bits per heavy atom. The van der Waals surface area contributed by atoms with Crippen LogP contribution in [0.5, 0.6) is 0 Å². The Labute approximate surface area is 204 Å². The molecule has 4 unspecified atom stereocenters. The van der Waals surface area contributed by atoms with E-state index in [1.165, 1.54) is 4.90 Å². The van der Waals surface area contributed by atoms with Gasteiger partial charge < -0.3 is 10.2 Å². The van der Waals surface area contributed by atoms with Crippen LogP contribution in [0.15, 0.2) is 54.6 Å². The lowest BCUT2D eigenvalue weighted by molar-refractivity contribution is -0.154. The maximum Gasteiger partial charge on any atom is 0.327 e. The SMILES string of the molecule is O=C1C2C(c3ccc(C=Cc4ccccc4)cc3)NC(CO)(C(=O)O)C2C(=O)N1C1CCCCC1. The largest absolute Gasteiger partial charge is 0.480 e. The standard InChI is InChI=1S/C28H30N2O5/c31-17-28(27(34)35)23-22(25(32)30(26(23)33)21-9-5-2-6-10-21)24(29-28)20-15-13-19(14-16-20)12-11-18-7-3-1-4-8-18/h1,3-4,7-8,11-16,21-24,29,31H,2,5-6,9-10,17H2,(H,34,35). The van der Waals surface area contributed by atoms with Crippen molar-refractivity contribution in [2.45, 2.75) is 49.7 Å². The van der Waals surface area contributed by atoms with Crippen molar-refractivity contribution in [3.05, 3.63) is 71.3 Å². The van der Waals surface area contributed by atoms with Crippen molar-refractivity contribution in [2.24, 2.45) is 11.8 Å². The molecule has 1 saturated carbocycles. The highest BCUT2D eigenvalue weighted by atomic mass is 16.4. The molecule has 2 aromatic rings. The number of aliphatic carboxylic acids is 1. The third-order valence-electron chi connectivity index (χ3n) is 7.82. The van der Waals surface area contributed by atoms with Gasteiger partial charge in [-0.15, -0.1) is 0 Å². The van der Waals surface area contributed by atoms with E-state index >= 15 is 0 Å². The number of hydrogen-bond donors (Lipinski definition) is 3. The van der Waals surface area contributed by atoms with Crippen LogP contribution in [0.4, 0.5) is 0 Å². The maximum atomic E-state index is 13.6. The number of rotatable bonds is 6. The van der Waals surface area contributed by atoms with E-state index in [9.17, 15) is 24.6 Å². The summed E-state index contributed by atoms with van der Waals surface area (Å²) >= 11 is 0. The molecule has 2 amide bonds. The number of carbonyl (C=O) groups excluding carboxylic acids is 2. The predicted molar refractivity (Wildman–Crippen MR) is 131 cm³/mol. The molecule has 2 saturated heterocycles. The number of hydrogen-bond acceptors (Lipinski definition) is 5. The van der Waals surface area contributed by atoms with Gasteiger partial charge in [0.15, 0.2) is 5.54 Å². The molecule has 2 aliphatic heterocycles. The monoisotopic (exact) mass is 474 g/mol. The minimum atomic E-state index is -1.89. The molecule has 4 atom stereocenters. The number of aliphatic hydroxyl groups is 1. The van der Waals surface area contributed by atoms with Crippen LogP contribution < -0.4 is 5.32 Å². The van der Waals surface area contributed by atoms with Gasteiger partial charge in [0.2, 0.25) is 11.8 Å². The fourth-order valence-corrected chi connectivity index (χ4v) is 5.99. The molecular formula is C28H30N2O5. The van der Waals surface area contributed by atoms with Crippen LogP contribution >= 0.6 is 0 Å². The average molecular weight is 475 g/mol. The van der Waals surface area contributed by atoms with Gasteiger partial charge >= 0.3 is 5.97 Å². The summed E-state index contributed by atoms with van der Waals surface area (Å²) in [6.45, 7) is -0.768. The molecule has 0 spiro atoms. The lowest BCUT2D eigenvalue weighted by Gasteiger charge is -2.33. The molecule has 3 fully saturated rings. The van der Waals surface area contributed by atoms with E-state index in [0.717, 1.165) is 48.8 Å². The quantitative estimate of drug-likeness (QED) is 0.438. The molecule has 5 rings (SSSR count). The highest BCUT2D eigenvalue weighted by Crippen LogP contribution is 2.50. The van der Waals surface area contributed by atoms with Crippen molar-refractivity contribution in [1.29, 1.82) is 0 Å². The lowest BCUT2D eigenvalue weighted by Crippen LogP contribution is -2.59. The van der Waals surface area contributed by atoms with E-state index < -0.39 is 41.9 Å². The highest BCUT2D eigenvalue weighted by Gasteiger charge is 2.69. The van der Waals surface area contributed by atoms with Crippen LogP contribution in [-0.4, -0.2) is 51.1 Å². The molecule has 1 aliphatic carbocycles. The van der Waals surface area contributed by atoms with Gasteiger partial charge in [0.05, 0.1) is 18.4 Å². The van der Waals surface area contributed by atoms with E-state index in [1.807, 2.05) is 66.7 Å². The van der Waals surface area contributed by atoms with Gasteiger partial charge in [-0.1, -0.05) is 86.0 Å². The number of likely N-dealkylation sites (tertiary alicyclic amines) is 1. The number of imide groups is 1. The molecule has 3 N–H and O–H groups in total. The summed E-state index contributed by atoms with van der Waals surface area (Å²) in [5.41, 5.74) is 0.859. The van der Waals surface area contributed by atoms with Crippen molar-refractivity contribution in [1.82, 2.24) is 10.2 Å². The summed E-state index contributed by atoms with van der Waals surface area (Å²) < 4.78 is 0. The molecule has 182 valence electrons. The minimum absolute atomic E-state index is 0.189. The second-order valence-corrected chi connectivity index (χ2v) is 9.81. The van der Waals surface area contributed by atoms with Gasteiger partial charge in [-0.3, -0.25) is 24.6 Å². The van der Waals surface area contributed by atoms with E-state index in [-0.39, 0.29) is 11.9 Å². The summed E-state index contributed by atoms with van der Waals surface area (Å²) in [5, 5.41) is 23.3. The van der Waals surface area contributed by atoms with Crippen LogP contribution in [0.2, 0.25) is 0 Å². The summed E-state index contributed by atoms with van der Waals surface area (Å²) in [5.74, 6) is -4.11. The Hall–Kier alpha value is -3.29. The van der Waals surface area contributed by atoms with Gasteiger partial charge in [0.25, 0.3) is 0 Å². The van der Waals surface area contributed by atoms with E-state index in [4.69, 9.17) is 0 Å². The zero-order valence-electron chi connectivity index (χ0n) is 19.5. The minimum Gasteiger partial charge on any atom is -0.480 e. The molecular weight excluding hydrogens is 444 g/mol. The molecule has 3 aliphatic rings. The molecule has 35 heavy (non-hydrogen) atoms. The number of fused-ring (bicyclic) bond motifs is 1. The van der Waals surface area contributed by atoms with Gasteiger partial charge in [-0.25, -0.2) is 0 Å². The smallest absolute Gasteiger partial charge is 0.327 e. The number of aliphatic hydroxyl groups excluding tert-OH is 1. The van der Waals surface area contributed by atoms with Crippen LogP contribution in [-0.2, 0) is 14.4 Å². The summed E-state index contributed by atoms with van der Waals surface area (Å²) in [6, 6.07) is 16.6. The van der Waals surface area contributed by atoms with Gasteiger partial charge in [-0.2, -0.15) is 0 Å². The Kier molecular flexibility index (Phi) is 6.30. The molecule has 0 radical (unpaired) electrons. The fraction of sp³-hybridized carbons (Fsp3) is 0.393. The number of carboxylic acid groups (broad SMARTS) is 1. The predicted octanol–water partition coefficient (Wildman–Crippen LogP) is 3.25.